The highest BCUT2D eigenvalue weighted by atomic mass is 35.5. The number of nitrogens with one attached hydrogen (secondary N) is 1. The standard InChI is InChI=1S/C21H24N4S2.3ClH/c1-16-19(15-27-21-23-9-10-24-21)22-8-6-20(16)26-13-12-25-11-7-17-4-2-3-5-18(17)14-25;;;/h2-6,8-10H,7,11-15H2,1H3,(H,23,24);3*1H. The number of hydrogen-bond acceptors (Lipinski definition) is 5. The molecule has 4 nitrogen and oxygen atoms in total. The predicted molar refractivity (Wildman–Crippen MR) is 135 cm³/mol. The number of thioether (sulfide) groups is 2. The third kappa shape index (κ3) is 7.08. The number of nitrogens with zero attached hydrogens (tertiary/aromatic N) is 3. The highest BCUT2D eigenvalue weighted by Gasteiger charge is 2.15. The van der Waals surface area contributed by atoms with Crippen LogP contribution in [0.25, 0.3) is 0 Å². The van der Waals surface area contributed by atoms with Crippen molar-refractivity contribution in [3.05, 3.63) is 71.3 Å². The zero-order chi connectivity index (χ0) is 18.5. The molecule has 2 aromatic heterocycles. The number of imidazole rings is 1. The SMILES string of the molecule is Cc1c(SCCN2CCc3ccccc3C2)ccnc1CSc1ncc[nH]1.Cl.Cl.Cl. The average Bonchev–Trinajstić information content (AvgIpc) is 3.22. The third-order valence-electron chi connectivity index (χ3n) is 4.95. The molecule has 0 aliphatic carbocycles. The van der Waals surface area contributed by atoms with Crippen LogP contribution in [0, 0.1) is 6.92 Å². The molecule has 1 aliphatic rings. The van der Waals surface area contributed by atoms with E-state index in [4.69, 9.17) is 0 Å². The molecule has 30 heavy (non-hydrogen) atoms. The first-order valence-corrected chi connectivity index (χ1v) is 11.3. The van der Waals surface area contributed by atoms with Crippen molar-refractivity contribution in [3.63, 3.8) is 0 Å². The van der Waals surface area contributed by atoms with Crippen molar-refractivity contribution in [1.82, 2.24) is 19.9 Å². The van der Waals surface area contributed by atoms with Gasteiger partial charge in [0.2, 0.25) is 0 Å². The fraction of sp³-hybridized carbons (Fsp3) is 0.333. The number of hydrogen-bond donors (Lipinski definition) is 1. The van der Waals surface area contributed by atoms with Crippen molar-refractivity contribution in [2.75, 3.05) is 18.8 Å². The lowest BCUT2D eigenvalue weighted by molar-refractivity contribution is 0.270. The smallest absolute Gasteiger partial charge is 0.165 e. The Morgan fingerprint density at radius 2 is 1.80 bits per heavy atom. The first-order valence-electron chi connectivity index (χ1n) is 9.28. The quantitative estimate of drug-likeness (QED) is 0.410. The zero-order valence-electron chi connectivity index (χ0n) is 16.7. The molecule has 1 aromatic carbocycles. The van der Waals surface area contributed by atoms with Gasteiger partial charge in [0.1, 0.15) is 0 Å². The van der Waals surface area contributed by atoms with Gasteiger partial charge in [-0.25, -0.2) is 4.98 Å². The molecule has 0 unspecified atom stereocenters. The molecule has 3 aromatic rings. The number of fused-ring (bicyclic) bond motifs is 1. The van der Waals surface area contributed by atoms with E-state index in [1.54, 1.807) is 18.0 Å². The van der Waals surface area contributed by atoms with Crippen LogP contribution in [0.2, 0.25) is 0 Å². The maximum absolute atomic E-state index is 4.58. The molecule has 164 valence electrons. The first kappa shape index (κ1) is 27.1. The van der Waals surface area contributed by atoms with E-state index in [1.807, 2.05) is 24.2 Å². The summed E-state index contributed by atoms with van der Waals surface area (Å²) in [6.45, 7) is 5.55. The van der Waals surface area contributed by atoms with E-state index in [-0.39, 0.29) is 37.2 Å². The van der Waals surface area contributed by atoms with Crippen molar-refractivity contribution >= 4 is 60.7 Å². The summed E-state index contributed by atoms with van der Waals surface area (Å²) in [5.74, 6) is 1.95. The van der Waals surface area contributed by atoms with Crippen molar-refractivity contribution in [3.8, 4) is 0 Å². The van der Waals surface area contributed by atoms with Crippen LogP contribution in [-0.2, 0) is 18.7 Å². The molecular weight excluding hydrogens is 479 g/mol. The van der Waals surface area contributed by atoms with E-state index >= 15 is 0 Å². The van der Waals surface area contributed by atoms with Gasteiger partial charge in [-0.05, 0) is 36.1 Å². The molecule has 3 heterocycles. The van der Waals surface area contributed by atoms with Gasteiger partial charge >= 0.3 is 0 Å². The van der Waals surface area contributed by atoms with Gasteiger partial charge in [0, 0.05) is 54.6 Å². The maximum Gasteiger partial charge on any atom is 0.165 e. The Labute approximate surface area is 205 Å². The Hall–Kier alpha value is -0.890. The number of benzene rings is 1. The van der Waals surface area contributed by atoms with Crippen LogP contribution in [-0.4, -0.2) is 38.7 Å². The van der Waals surface area contributed by atoms with Crippen LogP contribution in [0.4, 0.5) is 0 Å². The van der Waals surface area contributed by atoms with Crippen LogP contribution in [0.5, 0.6) is 0 Å². The summed E-state index contributed by atoms with van der Waals surface area (Å²) >= 11 is 3.64. The van der Waals surface area contributed by atoms with Crippen LogP contribution in [0.3, 0.4) is 0 Å². The molecule has 4 rings (SSSR count). The third-order valence-corrected chi connectivity index (χ3v) is 7.01. The molecule has 0 spiro atoms. The van der Waals surface area contributed by atoms with Crippen LogP contribution in [0.15, 0.2) is 59.0 Å². The zero-order valence-corrected chi connectivity index (χ0v) is 20.8. The largest absolute Gasteiger partial charge is 0.340 e. The summed E-state index contributed by atoms with van der Waals surface area (Å²) in [6.07, 6.45) is 6.75. The molecule has 0 saturated heterocycles. The van der Waals surface area contributed by atoms with Gasteiger partial charge in [-0.15, -0.1) is 49.0 Å². The second kappa shape index (κ2) is 13.5. The van der Waals surface area contributed by atoms with E-state index in [1.165, 1.54) is 28.0 Å². The highest BCUT2D eigenvalue weighted by Crippen LogP contribution is 2.27. The summed E-state index contributed by atoms with van der Waals surface area (Å²) in [5.41, 5.74) is 5.45. The molecule has 1 N–H and O–H groups in total. The molecule has 9 heteroatoms. The molecule has 0 amide bonds. The van der Waals surface area contributed by atoms with Crippen LogP contribution >= 0.6 is 60.7 Å². The first-order chi connectivity index (χ1) is 13.3. The number of rotatable bonds is 7. The minimum Gasteiger partial charge on any atom is -0.340 e. The Morgan fingerprint density at radius 3 is 2.57 bits per heavy atom. The van der Waals surface area contributed by atoms with Gasteiger partial charge in [-0.1, -0.05) is 36.0 Å². The van der Waals surface area contributed by atoms with Crippen LogP contribution in [0.1, 0.15) is 22.4 Å². The average molecular weight is 506 g/mol. The predicted octanol–water partition coefficient (Wildman–Crippen LogP) is 5.82. The second-order valence-corrected chi connectivity index (χ2v) is 8.81. The monoisotopic (exact) mass is 504 g/mol. The minimum absolute atomic E-state index is 0. The molecule has 0 bridgehead atoms. The van der Waals surface area contributed by atoms with Crippen molar-refractivity contribution < 1.29 is 0 Å². The van der Waals surface area contributed by atoms with E-state index in [0.29, 0.717) is 0 Å². The van der Waals surface area contributed by atoms with Crippen LogP contribution < -0.4 is 0 Å². The van der Waals surface area contributed by atoms with Gasteiger partial charge < -0.3 is 4.98 Å². The van der Waals surface area contributed by atoms with Gasteiger partial charge in [0.05, 0.1) is 5.69 Å². The maximum atomic E-state index is 4.58. The van der Waals surface area contributed by atoms with Crippen molar-refractivity contribution in [2.24, 2.45) is 0 Å². The van der Waals surface area contributed by atoms with Gasteiger partial charge in [0.15, 0.2) is 5.16 Å². The normalized spacial score (nSPS) is 12.8. The fourth-order valence-corrected chi connectivity index (χ4v) is 5.27. The summed E-state index contributed by atoms with van der Waals surface area (Å²) in [6, 6.07) is 11.0. The van der Waals surface area contributed by atoms with Gasteiger partial charge in [-0.2, -0.15) is 0 Å². The summed E-state index contributed by atoms with van der Waals surface area (Å²) < 4.78 is 0. The molecule has 0 saturated carbocycles. The number of halogens is 3. The summed E-state index contributed by atoms with van der Waals surface area (Å²) in [5, 5.41) is 0.944. The molecule has 1 aliphatic heterocycles. The number of aromatic amines is 1. The van der Waals surface area contributed by atoms with E-state index < -0.39 is 0 Å². The number of H-pyrrole nitrogens is 1. The molecule has 0 atom stereocenters. The van der Waals surface area contributed by atoms with Gasteiger partial charge in [0.25, 0.3) is 0 Å². The topological polar surface area (TPSA) is 44.8 Å². The molecular formula is C21H27Cl3N4S2. The second-order valence-electron chi connectivity index (χ2n) is 6.71. The summed E-state index contributed by atoms with van der Waals surface area (Å²) in [7, 11) is 0. The van der Waals surface area contributed by atoms with Gasteiger partial charge in [-0.3, -0.25) is 9.88 Å². The van der Waals surface area contributed by atoms with E-state index in [2.05, 4.69) is 57.1 Å². The Morgan fingerprint density at radius 1 is 1.00 bits per heavy atom. The highest BCUT2D eigenvalue weighted by molar-refractivity contribution is 7.99. The summed E-state index contributed by atoms with van der Waals surface area (Å²) in [4.78, 5) is 15.9. The molecule has 0 fully saturated rings. The Bertz CT molecular complexity index is 894. The Balaban J connectivity index is 0.00000150. The molecule has 0 radical (unpaired) electrons. The lowest BCUT2D eigenvalue weighted by Crippen LogP contribution is -2.32. The number of aromatic nitrogens is 3. The van der Waals surface area contributed by atoms with Crippen molar-refractivity contribution in [2.45, 2.75) is 35.7 Å². The number of pyridine rings is 1. The lowest BCUT2D eigenvalue weighted by atomic mass is 10.0. The lowest BCUT2D eigenvalue weighted by Gasteiger charge is -2.28. The fourth-order valence-electron chi connectivity index (χ4n) is 3.36. The minimum atomic E-state index is 0. The van der Waals surface area contributed by atoms with E-state index in [0.717, 1.165) is 42.0 Å². The Kier molecular flexibility index (Phi) is 12.2. The van der Waals surface area contributed by atoms with Crippen molar-refractivity contribution in [1.29, 1.82) is 0 Å². The van der Waals surface area contributed by atoms with E-state index in [9.17, 15) is 0 Å².